The molecule has 0 radical (unpaired) electrons. The van der Waals surface area contributed by atoms with Gasteiger partial charge < -0.3 is 28.6 Å². The molecule has 8 nitrogen and oxygen atoms in total. The minimum absolute atomic E-state index is 0.0143. The van der Waals surface area contributed by atoms with Crippen LogP contribution in [-0.2, 0) is 28.6 Å². The van der Waals surface area contributed by atoms with Crippen molar-refractivity contribution in [3.8, 4) is 0 Å². The van der Waals surface area contributed by atoms with Crippen LogP contribution in [0.3, 0.4) is 0 Å². The number of allylic oxidation sites excluding steroid dienone is 14. The Kier molecular flexibility index (Phi) is 36.0. The maximum atomic E-state index is 12.7. The molecule has 2 unspecified atom stereocenters. The summed E-state index contributed by atoms with van der Waals surface area (Å²) in [6, 6.07) is -0.739. The summed E-state index contributed by atoms with van der Waals surface area (Å²) in [5, 5.41) is 11.6. The number of nitrogens with zero attached hydrogens (tertiary/aromatic N) is 1. The van der Waals surface area contributed by atoms with Crippen LogP contribution in [0.1, 0.15) is 149 Å². The average molecular weight is 782 g/mol. The number of ether oxygens (including phenoxy) is 3. The Bertz CT molecular complexity index is 1190. The zero-order chi connectivity index (χ0) is 41.4. The van der Waals surface area contributed by atoms with Crippen molar-refractivity contribution < 1.29 is 38.2 Å². The van der Waals surface area contributed by atoms with E-state index in [0.29, 0.717) is 12.8 Å². The molecule has 56 heavy (non-hydrogen) atoms. The van der Waals surface area contributed by atoms with Crippen molar-refractivity contribution >= 4 is 17.9 Å². The fraction of sp³-hybridized carbons (Fsp3) is 0.646. The highest BCUT2D eigenvalue weighted by atomic mass is 16.6. The number of hydrogen-bond acceptors (Lipinski definition) is 7. The van der Waals surface area contributed by atoms with Crippen molar-refractivity contribution in [1.29, 1.82) is 0 Å². The van der Waals surface area contributed by atoms with E-state index >= 15 is 0 Å². The first kappa shape index (κ1) is 52.5. The molecule has 0 saturated heterocycles. The topological polar surface area (TPSA) is 102 Å². The molecule has 318 valence electrons. The van der Waals surface area contributed by atoms with Gasteiger partial charge in [-0.05, 0) is 83.5 Å². The predicted molar refractivity (Wildman–Crippen MR) is 231 cm³/mol. The number of carbonyl (C=O) groups is 3. The summed E-state index contributed by atoms with van der Waals surface area (Å²) in [5.41, 5.74) is 0. The standard InChI is InChI=1S/C48H79NO7/c1-6-8-10-12-14-16-18-20-21-22-23-24-25-26-27-29-30-32-34-36-38-46(50)55-43-44(42-54-41-40-45(48(52)53)49(3,4)5)56-47(51)39-37-35-33-31-28-19-17-15-13-11-9-7-2/h8,10,14-17,20-21,23-24,26-27,30,32,44-45H,6-7,9,11-13,18-19,22,25,28-29,31,33-43H2,1-5H3/b10-8+,16-14+,17-15+,21-20+,24-23+,27-26+,32-30+. The Hall–Kier alpha value is -3.49. The number of carbonyl (C=O) groups excluding carboxylic acids is 3. The average Bonchev–Trinajstić information content (AvgIpc) is 3.15. The van der Waals surface area contributed by atoms with E-state index in [-0.39, 0.29) is 49.1 Å². The molecule has 0 spiro atoms. The molecule has 0 N–H and O–H groups in total. The molecule has 0 fully saturated rings. The van der Waals surface area contributed by atoms with E-state index < -0.39 is 18.1 Å². The maximum absolute atomic E-state index is 12.7. The zero-order valence-corrected chi connectivity index (χ0v) is 36.0. The van der Waals surface area contributed by atoms with E-state index in [1.165, 1.54) is 25.7 Å². The second-order valence-electron chi connectivity index (χ2n) is 15.2. The van der Waals surface area contributed by atoms with Crippen LogP contribution < -0.4 is 5.11 Å². The molecule has 0 heterocycles. The van der Waals surface area contributed by atoms with Gasteiger partial charge in [0.15, 0.2) is 6.10 Å². The molecule has 0 bridgehead atoms. The van der Waals surface area contributed by atoms with Gasteiger partial charge in [0.25, 0.3) is 0 Å². The number of aliphatic carboxylic acids is 1. The second-order valence-corrected chi connectivity index (χ2v) is 15.2. The minimum atomic E-state index is -1.14. The molecule has 0 saturated carbocycles. The Morgan fingerprint density at radius 2 is 1.02 bits per heavy atom. The number of carboxylic acid groups (broad SMARTS) is 1. The first-order valence-electron chi connectivity index (χ1n) is 21.6. The number of carboxylic acids is 1. The van der Waals surface area contributed by atoms with Gasteiger partial charge in [-0.3, -0.25) is 9.59 Å². The number of rotatable bonds is 37. The molecule has 2 atom stereocenters. The van der Waals surface area contributed by atoms with Crippen LogP contribution in [0.5, 0.6) is 0 Å². The molecule has 0 aliphatic heterocycles. The Labute approximate surface area is 342 Å². The highest BCUT2D eigenvalue weighted by molar-refractivity contribution is 5.70. The van der Waals surface area contributed by atoms with Crippen molar-refractivity contribution in [2.45, 2.75) is 161 Å². The summed E-state index contributed by atoms with van der Waals surface area (Å²) in [4.78, 5) is 36.8. The van der Waals surface area contributed by atoms with Gasteiger partial charge in [0, 0.05) is 19.3 Å². The van der Waals surface area contributed by atoms with E-state index in [1.807, 2.05) is 0 Å². The lowest BCUT2D eigenvalue weighted by Gasteiger charge is -2.34. The lowest BCUT2D eigenvalue weighted by atomic mass is 10.1. The number of esters is 2. The van der Waals surface area contributed by atoms with Gasteiger partial charge in [-0.1, -0.05) is 131 Å². The predicted octanol–water partition coefficient (Wildman–Crippen LogP) is 10.4. The van der Waals surface area contributed by atoms with Crippen molar-refractivity contribution in [3.63, 3.8) is 0 Å². The summed E-state index contributed by atoms with van der Waals surface area (Å²) in [6.45, 7) is 4.43. The fourth-order valence-corrected chi connectivity index (χ4v) is 5.66. The number of likely N-dealkylation sites (N-methyl/N-ethyl adjacent to an activating group) is 1. The van der Waals surface area contributed by atoms with Crippen LogP contribution in [0.2, 0.25) is 0 Å². The molecule has 8 heteroatoms. The quantitative estimate of drug-likeness (QED) is 0.0268. The molecular weight excluding hydrogens is 703 g/mol. The Morgan fingerprint density at radius 1 is 0.554 bits per heavy atom. The van der Waals surface area contributed by atoms with Crippen molar-refractivity contribution in [2.75, 3.05) is 41.0 Å². The van der Waals surface area contributed by atoms with Crippen LogP contribution in [0.25, 0.3) is 0 Å². The highest BCUT2D eigenvalue weighted by Gasteiger charge is 2.25. The van der Waals surface area contributed by atoms with Gasteiger partial charge in [-0.15, -0.1) is 0 Å². The van der Waals surface area contributed by atoms with E-state index in [1.54, 1.807) is 21.1 Å². The largest absolute Gasteiger partial charge is 0.544 e. The molecule has 0 aromatic heterocycles. The number of unbranched alkanes of at least 4 members (excludes halogenated alkanes) is 9. The molecule has 0 rings (SSSR count). The normalized spacial score (nSPS) is 13.8. The summed E-state index contributed by atoms with van der Waals surface area (Å²) in [5.74, 6) is -1.84. The number of hydrogen-bond donors (Lipinski definition) is 0. The molecule has 0 amide bonds. The summed E-state index contributed by atoms with van der Waals surface area (Å²) < 4.78 is 17.1. The fourth-order valence-electron chi connectivity index (χ4n) is 5.66. The SMILES string of the molecule is CC/C=C/C/C=C/C/C=C/C/C=C/C/C=C/C/C=C/CCCC(=O)OCC(COCCC(C(=O)[O-])[N+](C)(C)C)OC(=O)CCCCCCC/C=C/CCCCC. The second kappa shape index (κ2) is 38.4. The van der Waals surface area contributed by atoms with E-state index in [2.05, 4.69) is 98.9 Å². The third kappa shape index (κ3) is 36.2. The van der Waals surface area contributed by atoms with Crippen LogP contribution in [-0.4, -0.2) is 75.5 Å². The smallest absolute Gasteiger partial charge is 0.306 e. The third-order valence-electron chi connectivity index (χ3n) is 9.02. The van der Waals surface area contributed by atoms with Crippen LogP contribution in [0.15, 0.2) is 85.1 Å². The van der Waals surface area contributed by atoms with E-state index in [9.17, 15) is 19.5 Å². The third-order valence-corrected chi connectivity index (χ3v) is 9.02. The molecule has 0 aromatic rings. The molecular formula is C48H79NO7. The maximum Gasteiger partial charge on any atom is 0.306 e. The lowest BCUT2D eigenvalue weighted by molar-refractivity contribution is -0.889. The van der Waals surface area contributed by atoms with Gasteiger partial charge in [0.05, 0.1) is 40.3 Å². The lowest BCUT2D eigenvalue weighted by Crippen LogP contribution is -2.55. The molecule has 0 aromatic carbocycles. The minimum Gasteiger partial charge on any atom is -0.544 e. The van der Waals surface area contributed by atoms with E-state index in [4.69, 9.17) is 14.2 Å². The van der Waals surface area contributed by atoms with E-state index in [0.717, 1.165) is 83.5 Å². The number of quaternary nitrogens is 1. The van der Waals surface area contributed by atoms with Gasteiger partial charge in [0.2, 0.25) is 0 Å². The van der Waals surface area contributed by atoms with Crippen LogP contribution in [0.4, 0.5) is 0 Å². The van der Waals surface area contributed by atoms with Crippen molar-refractivity contribution in [1.82, 2.24) is 0 Å². The summed E-state index contributed by atoms with van der Waals surface area (Å²) in [7, 11) is 5.37. The first-order chi connectivity index (χ1) is 27.1. The monoisotopic (exact) mass is 782 g/mol. The van der Waals surface area contributed by atoms with Crippen molar-refractivity contribution in [2.24, 2.45) is 0 Å². The molecule has 0 aliphatic carbocycles. The zero-order valence-electron chi connectivity index (χ0n) is 36.0. The molecule has 0 aliphatic rings. The van der Waals surface area contributed by atoms with Gasteiger partial charge in [-0.25, -0.2) is 0 Å². The van der Waals surface area contributed by atoms with Crippen LogP contribution >= 0.6 is 0 Å². The Balaban J connectivity index is 4.46. The Morgan fingerprint density at radius 3 is 1.55 bits per heavy atom. The van der Waals surface area contributed by atoms with Gasteiger partial charge in [0.1, 0.15) is 12.6 Å². The summed E-state index contributed by atoms with van der Waals surface area (Å²) >= 11 is 0. The van der Waals surface area contributed by atoms with Crippen LogP contribution in [0, 0.1) is 0 Å². The van der Waals surface area contributed by atoms with Gasteiger partial charge in [-0.2, -0.15) is 0 Å². The first-order valence-corrected chi connectivity index (χ1v) is 21.6. The van der Waals surface area contributed by atoms with Gasteiger partial charge >= 0.3 is 11.9 Å². The summed E-state index contributed by atoms with van der Waals surface area (Å²) in [6.07, 6.45) is 49.0. The highest BCUT2D eigenvalue weighted by Crippen LogP contribution is 2.12. The van der Waals surface area contributed by atoms with Crippen molar-refractivity contribution in [3.05, 3.63) is 85.1 Å².